The number of amides is 1. The Hall–Kier alpha value is -2.86. The molecule has 0 bridgehead atoms. The van der Waals surface area contributed by atoms with E-state index in [1.807, 2.05) is 26.0 Å². The van der Waals surface area contributed by atoms with Crippen LogP contribution in [0.2, 0.25) is 5.02 Å². The van der Waals surface area contributed by atoms with Crippen LogP contribution in [0.5, 0.6) is 0 Å². The van der Waals surface area contributed by atoms with Crippen molar-refractivity contribution in [1.82, 2.24) is 15.3 Å². The standard InChI is InChI=1S/C18H17ClN4O2/c1-11-8-12(2)16(14(19)9-11)23-18-20-6-5-15(22-18)17(24)21-10-13-4-3-7-25-13/h3-9H,10H2,1-2H3,(H,21,24)(H,20,22,23). The number of aryl methyl sites for hydroxylation is 2. The Morgan fingerprint density at radius 1 is 1.28 bits per heavy atom. The van der Waals surface area contributed by atoms with Crippen molar-refractivity contribution in [3.63, 3.8) is 0 Å². The highest BCUT2D eigenvalue weighted by Gasteiger charge is 2.11. The van der Waals surface area contributed by atoms with Crippen molar-refractivity contribution in [2.45, 2.75) is 20.4 Å². The molecule has 2 aromatic heterocycles. The molecule has 128 valence electrons. The van der Waals surface area contributed by atoms with Gasteiger partial charge in [0.2, 0.25) is 5.95 Å². The molecular formula is C18H17ClN4O2. The van der Waals surface area contributed by atoms with Crippen LogP contribution in [-0.2, 0) is 6.54 Å². The summed E-state index contributed by atoms with van der Waals surface area (Å²) < 4.78 is 5.18. The van der Waals surface area contributed by atoms with Gasteiger partial charge in [0.05, 0.1) is 23.5 Å². The molecule has 2 N–H and O–H groups in total. The predicted octanol–water partition coefficient (Wildman–Crippen LogP) is 4.01. The molecule has 0 aliphatic rings. The van der Waals surface area contributed by atoms with Gasteiger partial charge in [0.1, 0.15) is 11.5 Å². The SMILES string of the molecule is Cc1cc(C)c(Nc2nccc(C(=O)NCc3ccco3)n2)c(Cl)c1. The molecule has 0 spiro atoms. The molecule has 0 saturated heterocycles. The van der Waals surface area contributed by atoms with Crippen LogP contribution in [-0.4, -0.2) is 15.9 Å². The fraction of sp³-hybridized carbons (Fsp3) is 0.167. The van der Waals surface area contributed by atoms with E-state index in [-0.39, 0.29) is 11.6 Å². The van der Waals surface area contributed by atoms with E-state index < -0.39 is 0 Å². The second-order valence-electron chi connectivity index (χ2n) is 5.59. The molecule has 0 atom stereocenters. The lowest BCUT2D eigenvalue weighted by Gasteiger charge is -2.12. The fourth-order valence-electron chi connectivity index (χ4n) is 2.40. The van der Waals surface area contributed by atoms with E-state index in [4.69, 9.17) is 16.0 Å². The summed E-state index contributed by atoms with van der Waals surface area (Å²) in [7, 11) is 0. The summed E-state index contributed by atoms with van der Waals surface area (Å²) in [5.74, 6) is 0.663. The maximum atomic E-state index is 12.2. The van der Waals surface area contributed by atoms with Crippen LogP contribution in [0, 0.1) is 13.8 Å². The van der Waals surface area contributed by atoms with Gasteiger partial charge < -0.3 is 15.1 Å². The van der Waals surface area contributed by atoms with Gasteiger partial charge in [-0.3, -0.25) is 4.79 Å². The molecule has 25 heavy (non-hydrogen) atoms. The Morgan fingerprint density at radius 2 is 2.12 bits per heavy atom. The average Bonchev–Trinajstić information content (AvgIpc) is 3.10. The number of hydrogen-bond acceptors (Lipinski definition) is 5. The van der Waals surface area contributed by atoms with Gasteiger partial charge in [-0.15, -0.1) is 0 Å². The van der Waals surface area contributed by atoms with Gasteiger partial charge in [0, 0.05) is 6.20 Å². The van der Waals surface area contributed by atoms with Gasteiger partial charge in [0.15, 0.2) is 0 Å². The minimum atomic E-state index is -0.312. The number of carbonyl (C=O) groups excluding carboxylic acids is 1. The molecule has 2 heterocycles. The highest BCUT2D eigenvalue weighted by atomic mass is 35.5. The number of nitrogens with one attached hydrogen (secondary N) is 2. The monoisotopic (exact) mass is 356 g/mol. The maximum Gasteiger partial charge on any atom is 0.270 e. The fourth-order valence-corrected chi connectivity index (χ4v) is 2.77. The highest BCUT2D eigenvalue weighted by Crippen LogP contribution is 2.29. The molecule has 3 rings (SSSR count). The third-order valence-corrected chi connectivity index (χ3v) is 3.86. The summed E-state index contributed by atoms with van der Waals surface area (Å²) in [6.07, 6.45) is 3.08. The first-order chi connectivity index (χ1) is 12.0. The van der Waals surface area contributed by atoms with E-state index in [0.29, 0.717) is 23.3 Å². The van der Waals surface area contributed by atoms with Crippen LogP contribution in [0.4, 0.5) is 11.6 Å². The Labute approximate surface area is 150 Å². The second-order valence-corrected chi connectivity index (χ2v) is 6.00. The number of hydrogen-bond donors (Lipinski definition) is 2. The van der Waals surface area contributed by atoms with Crippen molar-refractivity contribution >= 4 is 29.1 Å². The average molecular weight is 357 g/mol. The quantitative estimate of drug-likeness (QED) is 0.721. The van der Waals surface area contributed by atoms with E-state index >= 15 is 0 Å². The number of carbonyl (C=O) groups is 1. The summed E-state index contributed by atoms with van der Waals surface area (Å²) in [5.41, 5.74) is 3.02. The van der Waals surface area contributed by atoms with Crippen LogP contribution in [0.25, 0.3) is 0 Å². The van der Waals surface area contributed by atoms with Crippen molar-refractivity contribution in [2.75, 3.05) is 5.32 Å². The predicted molar refractivity (Wildman–Crippen MR) is 96.1 cm³/mol. The zero-order chi connectivity index (χ0) is 17.8. The van der Waals surface area contributed by atoms with Crippen LogP contribution in [0.15, 0.2) is 47.2 Å². The van der Waals surface area contributed by atoms with Crippen molar-refractivity contribution in [2.24, 2.45) is 0 Å². The Morgan fingerprint density at radius 3 is 2.84 bits per heavy atom. The number of aromatic nitrogens is 2. The van der Waals surface area contributed by atoms with Crippen molar-refractivity contribution in [3.8, 4) is 0 Å². The summed E-state index contributed by atoms with van der Waals surface area (Å²) in [4.78, 5) is 20.6. The Bertz CT molecular complexity index is 871. The van der Waals surface area contributed by atoms with Crippen LogP contribution >= 0.6 is 11.6 Å². The lowest BCUT2D eigenvalue weighted by atomic mass is 10.1. The molecule has 0 aliphatic heterocycles. The molecule has 0 radical (unpaired) electrons. The lowest BCUT2D eigenvalue weighted by Crippen LogP contribution is -2.24. The Kier molecular flexibility index (Phi) is 5.00. The molecule has 3 aromatic rings. The van der Waals surface area contributed by atoms with E-state index in [1.54, 1.807) is 24.5 Å². The van der Waals surface area contributed by atoms with Gasteiger partial charge >= 0.3 is 0 Å². The summed E-state index contributed by atoms with van der Waals surface area (Å²) in [5, 5.41) is 6.40. The van der Waals surface area contributed by atoms with Gasteiger partial charge in [-0.25, -0.2) is 9.97 Å². The molecular weight excluding hydrogens is 340 g/mol. The molecule has 0 unspecified atom stereocenters. The molecule has 7 heteroatoms. The summed E-state index contributed by atoms with van der Waals surface area (Å²) >= 11 is 6.29. The topological polar surface area (TPSA) is 80.0 Å². The normalized spacial score (nSPS) is 10.5. The zero-order valence-electron chi connectivity index (χ0n) is 13.8. The summed E-state index contributed by atoms with van der Waals surface area (Å²) in [6.45, 7) is 4.21. The smallest absolute Gasteiger partial charge is 0.270 e. The number of benzene rings is 1. The zero-order valence-corrected chi connectivity index (χ0v) is 14.6. The van der Waals surface area contributed by atoms with Gasteiger partial charge in [-0.1, -0.05) is 17.7 Å². The summed E-state index contributed by atoms with van der Waals surface area (Å²) in [6, 6.07) is 8.97. The third kappa shape index (κ3) is 4.16. The van der Waals surface area contributed by atoms with Crippen LogP contribution in [0.1, 0.15) is 27.4 Å². The van der Waals surface area contributed by atoms with Crippen molar-refractivity contribution < 1.29 is 9.21 Å². The van der Waals surface area contributed by atoms with Crippen LogP contribution in [0.3, 0.4) is 0 Å². The first kappa shape index (κ1) is 17.0. The number of nitrogens with zero attached hydrogens (tertiary/aromatic N) is 2. The van der Waals surface area contributed by atoms with E-state index in [1.165, 1.54) is 6.20 Å². The maximum absolute atomic E-state index is 12.2. The third-order valence-electron chi connectivity index (χ3n) is 3.56. The van der Waals surface area contributed by atoms with Crippen LogP contribution < -0.4 is 10.6 Å². The molecule has 0 aliphatic carbocycles. The van der Waals surface area contributed by atoms with E-state index in [2.05, 4.69) is 20.6 Å². The van der Waals surface area contributed by atoms with Crippen molar-refractivity contribution in [3.05, 3.63) is 70.4 Å². The minimum absolute atomic E-state index is 0.255. The largest absolute Gasteiger partial charge is 0.467 e. The first-order valence-electron chi connectivity index (χ1n) is 7.70. The highest BCUT2D eigenvalue weighted by molar-refractivity contribution is 6.33. The van der Waals surface area contributed by atoms with Gasteiger partial charge in [-0.2, -0.15) is 0 Å². The number of anilines is 2. The van der Waals surface area contributed by atoms with Gasteiger partial charge in [-0.05, 0) is 49.2 Å². The molecule has 1 aromatic carbocycles. The second kappa shape index (κ2) is 7.36. The minimum Gasteiger partial charge on any atom is -0.467 e. The number of furan rings is 1. The first-order valence-corrected chi connectivity index (χ1v) is 8.08. The molecule has 0 fully saturated rings. The molecule has 6 nitrogen and oxygen atoms in total. The number of rotatable bonds is 5. The molecule has 0 saturated carbocycles. The molecule has 1 amide bonds. The lowest BCUT2D eigenvalue weighted by molar-refractivity contribution is 0.0943. The Balaban J connectivity index is 1.74. The van der Waals surface area contributed by atoms with Gasteiger partial charge in [0.25, 0.3) is 5.91 Å². The number of halogens is 1. The van der Waals surface area contributed by atoms with E-state index in [0.717, 1.165) is 16.8 Å². The van der Waals surface area contributed by atoms with Crippen molar-refractivity contribution in [1.29, 1.82) is 0 Å². The van der Waals surface area contributed by atoms with E-state index in [9.17, 15) is 4.79 Å².